The second kappa shape index (κ2) is 10.0. The molecule has 0 bridgehead atoms. The molecule has 174 valence electrons. The van der Waals surface area contributed by atoms with Crippen molar-refractivity contribution in [2.75, 3.05) is 37.6 Å². The molecule has 0 unspecified atom stereocenters. The number of esters is 1. The van der Waals surface area contributed by atoms with Crippen molar-refractivity contribution in [3.8, 4) is 0 Å². The van der Waals surface area contributed by atoms with Crippen molar-refractivity contribution in [2.45, 2.75) is 50.5 Å². The van der Waals surface area contributed by atoms with Crippen LogP contribution in [0.2, 0.25) is 0 Å². The van der Waals surface area contributed by atoms with Crippen molar-refractivity contribution in [2.24, 2.45) is 17.6 Å². The average molecular weight is 444 g/mol. The van der Waals surface area contributed by atoms with Gasteiger partial charge in [-0.25, -0.2) is 4.39 Å². The Hall–Kier alpha value is -2.41. The highest BCUT2D eigenvalue weighted by atomic mass is 19.1. The predicted octanol–water partition coefficient (Wildman–Crippen LogP) is 3.26. The predicted molar refractivity (Wildman–Crippen MR) is 122 cm³/mol. The molecule has 32 heavy (non-hydrogen) atoms. The number of benzene rings is 1. The van der Waals surface area contributed by atoms with Crippen molar-refractivity contribution >= 4 is 17.6 Å². The fourth-order valence-electron chi connectivity index (χ4n) is 5.18. The molecule has 1 aromatic carbocycles. The Labute approximate surface area is 189 Å². The van der Waals surface area contributed by atoms with Gasteiger partial charge in [0, 0.05) is 31.9 Å². The van der Waals surface area contributed by atoms with Crippen LogP contribution in [0.1, 0.15) is 44.9 Å². The van der Waals surface area contributed by atoms with Crippen molar-refractivity contribution in [3.63, 3.8) is 0 Å². The van der Waals surface area contributed by atoms with E-state index < -0.39 is 11.5 Å². The molecule has 2 aliphatic carbocycles. The normalized spacial score (nSPS) is 26.9. The van der Waals surface area contributed by atoms with Gasteiger partial charge in [-0.2, -0.15) is 0 Å². The molecule has 6 nitrogen and oxygen atoms in total. The Bertz CT molecular complexity index is 835. The molecule has 0 atom stereocenters. The van der Waals surface area contributed by atoms with Gasteiger partial charge in [0.2, 0.25) is 0 Å². The van der Waals surface area contributed by atoms with Crippen molar-refractivity contribution in [3.05, 3.63) is 42.2 Å². The minimum atomic E-state index is -1.13. The lowest BCUT2D eigenvalue weighted by Gasteiger charge is -2.39. The first-order valence-corrected chi connectivity index (χ1v) is 11.9. The number of primary amides is 1. The summed E-state index contributed by atoms with van der Waals surface area (Å²) >= 11 is 0. The Morgan fingerprint density at radius 3 is 2.41 bits per heavy atom. The molecule has 1 saturated carbocycles. The number of carbonyl (C=O) groups excluding carboxylic acids is 2. The zero-order chi connectivity index (χ0) is 22.6. The van der Waals surface area contributed by atoms with Crippen molar-refractivity contribution in [1.29, 1.82) is 0 Å². The maximum atomic E-state index is 13.5. The van der Waals surface area contributed by atoms with Crippen LogP contribution in [-0.4, -0.2) is 55.1 Å². The third-order valence-electron chi connectivity index (χ3n) is 7.40. The number of hydrogen-bond acceptors (Lipinski definition) is 5. The third-order valence-corrected chi connectivity index (χ3v) is 7.40. The minimum absolute atomic E-state index is 0.171. The summed E-state index contributed by atoms with van der Waals surface area (Å²) in [6.07, 6.45) is 9.14. The van der Waals surface area contributed by atoms with Gasteiger partial charge < -0.3 is 15.4 Å². The standard InChI is InChI=1S/C25H34FN3O3/c26-21-6-3-7-22(18-21)29-16-14-28(15-17-29)13-10-19-8-11-25(12-9-19,24(27)31)32-23(30)20-4-1-2-5-20/h1-3,6-7,18-20H,4-5,8-17H2,(H2,27,31). The van der Waals surface area contributed by atoms with Crippen LogP contribution >= 0.6 is 0 Å². The second-order valence-electron chi connectivity index (χ2n) is 9.46. The van der Waals surface area contributed by atoms with E-state index in [4.69, 9.17) is 10.5 Å². The molecule has 1 aromatic rings. The number of hydrogen-bond donors (Lipinski definition) is 1. The van der Waals surface area contributed by atoms with Gasteiger partial charge in [0.05, 0.1) is 5.92 Å². The van der Waals surface area contributed by atoms with Crippen molar-refractivity contribution in [1.82, 2.24) is 4.90 Å². The van der Waals surface area contributed by atoms with E-state index in [-0.39, 0.29) is 17.7 Å². The number of amides is 1. The van der Waals surface area contributed by atoms with Crippen LogP contribution < -0.4 is 10.6 Å². The second-order valence-corrected chi connectivity index (χ2v) is 9.46. The van der Waals surface area contributed by atoms with E-state index in [0.29, 0.717) is 31.6 Å². The summed E-state index contributed by atoms with van der Waals surface area (Å²) < 4.78 is 19.2. The molecular weight excluding hydrogens is 409 g/mol. The molecule has 3 aliphatic rings. The highest BCUT2D eigenvalue weighted by Crippen LogP contribution is 2.38. The van der Waals surface area contributed by atoms with Crippen LogP contribution in [0, 0.1) is 17.7 Å². The zero-order valence-corrected chi connectivity index (χ0v) is 18.7. The van der Waals surface area contributed by atoms with Gasteiger partial charge in [0.15, 0.2) is 5.60 Å². The highest BCUT2D eigenvalue weighted by molar-refractivity contribution is 5.87. The number of anilines is 1. The van der Waals surface area contributed by atoms with Gasteiger partial charge in [0.25, 0.3) is 5.91 Å². The number of ether oxygens (including phenoxy) is 1. The van der Waals surface area contributed by atoms with Gasteiger partial charge in [-0.1, -0.05) is 18.2 Å². The number of allylic oxidation sites excluding steroid dienone is 2. The van der Waals surface area contributed by atoms with Gasteiger partial charge in [0.1, 0.15) is 5.82 Å². The van der Waals surface area contributed by atoms with Crippen LogP contribution in [0.4, 0.5) is 10.1 Å². The Kier molecular flexibility index (Phi) is 7.13. The fraction of sp³-hybridized carbons (Fsp3) is 0.600. The molecule has 1 aliphatic heterocycles. The van der Waals surface area contributed by atoms with E-state index in [1.54, 1.807) is 12.1 Å². The van der Waals surface area contributed by atoms with Gasteiger partial charge in [-0.15, -0.1) is 0 Å². The lowest BCUT2D eigenvalue weighted by atomic mass is 9.77. The molecule has 4 rings (SSSR count). The molecule has 0 radical (unpaired) electrons. The van der Waals surface area contributed by atoms with Gasteiger partial charge in [-0.05, 0) is 75.6 Å². The van der Waals surface area contributed by atoms with E-state index in [9.17, 15) is 14.0 Å². The van der Waals surface area contributed by atoms with E-state index in [1.807, 2.05) is 18.2 Å². The Balaban J connectivity index is 1.21. The molecule has 0 aromatic heterocycles. The molecular formula is C25H34FN3O3. The number of rotatable bonds is 7. The summed E-state index contributed by atoms with van der Waals surface area (Å²) in [5.41, 5.74) is 5.50. The molecule has 1 heterocycles. The fourth-order valence-corrected chi connectivity index (χ4v) is 5.18. The zero-order valence-electron chi connectivity index (χ0n) is 18.7. The summed E-state index contributed by atoms with van der Waals surface area (Å²) in [6, 6.07) is 6.79. The maximum absolute atomic E-state index is 13.5. The lowest BCUT2D eigenvalue weighted by molar-refractivity contribution is -0.175. The monoisotopic (exact) mass is 443 g/mol. The number of nitrogens with two attached hydrogens (primary N) is 1. The molecule has 2 fully saturated rings. The number of piperazine rings is 1. The van der Waals surface area contributed by atoms with Crippen LogP contribution in [-0.2, 0) is 14.3 Å². The van der Waals surface area contributed by atoms with E-state index in [1.165, 1.54) is 6.07 Å². The third kappa shape index (κ3) is 5.31. The highest BCUT2D eigenvalue weighted by Gasteiger charge is 2.45. The average Bonchev–Trinajstić information content (AvgIpc) is 3.34. The van der Waals surface area contributed by atoms with E-state index in [2.05, 4.69) is 9.80 Å². The van der Waals surface area contributed by atoms with E-state index >= 15 is 0 Å². The maximum Gasteiger partial charge on any atom is 0.310 e. The summed E-state index contributed by atoms with van der Waals surface area (Å²) in [5, 5.41) is 0. The summed E-state index contributed by atoms with van der Waals surface area (Å²) in [4.78, 5) is 29.4. The van der Waals surface area contributed by atoms with Crippen LogP contribution in [0.25, 0.3) is 0 Å². The first-order chi connectivity index (χ1) is 15.4. The minimum Gasteiger partial charge on any atom is -0.449 e. The molecule has 0 spiro atoms. The number of halogens is 1. The van der Waals surface area contributed by atoms with Crippen LogP contribution in [0.3, 0.4) is 0 Å². The smallest absolute Gasteiger partial charge is 0.310 e. The van der Waals surface area contributed by atoms with Crippen LogP contribution in [0.15, 0.2) is 36.4 Å². The lowest BCUT2D eigenvalue weighted by Crippen LogP contribution is -2.51. The van der Waals surface area contributed by atoms with E-state index in [0.717, 1.165) is 57.7 Å². The van der Waals surface area contributed by atoms with Gasteiger partial charge >= 0.3 is 5.97 Å². The number of carbonyl (C=O) groups is 2. The molecule has 2 N–H and O–H groups in total. The largest absolute Gasteiger partial charge is 0.449 e. The summed E-state index contributed by atoms with van der Waals surface area (Å²) in [6.45, 7) is 4.72. The molecule has 1 saturated heterocycles. The number of nitrogens with zero attached hydrogens (tertiary/aromatic N) is 2. The summed E-state index contributed by atoms with van der Waals surface area (Å²) in [7, 11) is 0. The first-order valence-electron chi connectivity index (χ1n) is 11.9. The topological polar surface area (TPSA) is 75.9 Å². The first kappa shape index (κ1) is 22.8. The molecule has 1 amide bonds. The van der Waals surface area contributed by atoms with Crippen LogP contribution in [0.5, 0.6) is 0 Å². The van der Waals surface area contributed by atoms with Crippen molar-refractivity contribution < 1.29 is 18.7 Å². The summed E-state index contributed by atoms with van der Waals surface area (Å²) in [5.74, 6) is -0.655. The Morgan fingerprint density at radius 2 is 1.78 bits per heavy atom. The SMILES string of the molecule is NC(=O)C1(OC(=O)C2CC=CC2)CCC(CCN2CCN(c3cccc(F)c3)CC2)CC1. The van der Waals surface area contributed by atoms with Gasteiger partial charge in [-0.3, -0.25) is 14.5 Å². The molecule has 7 heteroatoms. The Morgan fingerprint density at radius 1 is 1.09 bits per heavy atom. The quantitative estimate of drug-likeness (QED) is 0.517.